The first-order valence-corrected chi connectivity index (χ1v) is 7.75. The summed E-state index contributed by atoms with van der Waals surface area (Å²) in [5.41, 5.74) is 1.29. The molecule has 7 heteroatoms. The molecule has 0 saturated carbocycles. The van der Waals surface area contributed by atoms with E-state index in [2.05, 4.69) is 25.9 Å². The summed E-state index contributed by atoms with van der Waals surface area (Å²) >= 11 is 3.41. The second-order valence-corrected chi connectivity index (χ2v) is 5.80. The second-order valence-electron chi connectivity index (χ2n) is 4.88. The Balaban J connectivity index is 2.00. The van der Waals surface area contributed by atoms with Crippen LogP contribution in [0, 0.1) is 0 Å². The van der Waals surface area contributed by atoms with Crippen molar-refractivity contribution in [1.29, 1.82) is 0 Å². The summed E-state index contributed by atoms with van der Waals surface area (Å²) in [6, 6.07) is 7.74. The Morgan fingerprint density at radius 1 is 1.32 bits per heavy atom. The van der Waals surface area contributed by atoms with Gasteiger partial charge in [-0.1, -0.05) is 28.1 Å². The number of hydrogen-bond acceptors (Lipinski definition) is 5. The van der Waals surface area contributed by atoms with Gasteiger partial charge in [0.25, 0.3) is 0 Å². The van der Waals surface area contributed by atoms with E-state index in [9.17, 15) is 4.79 Å². The summed E-state index contributed by atoms with van der Waals surface area (Å²) in [5, 5.41) is 0. The molecule has 2 heterocycles. The van der Waals surface area contributed by atoms with Crippen molar-refractivity contribution in [2.45, 2.75) is 0 Å². The summed E-state index contributed by atoms with van der Waals surface area (Å²) in [6.45, 7) is 2.66. The number of H-pyrrole nitrogens is 1. The minimum atomic E-state index is -0.419. The van der Waals surface area contributed by atoms with Crippen molar-refractivity contribution in [2.24, 2.45) is 0 Å². The van der Waals surface area contributed by atoms with Gasteiger partial charge in [0.1, 0.15) is 5.82 Å². The van der Waals surface area contributed by atoms with Gasteiger partial charge in [-0.25, -0.2) is 9.78 Å². The number of aromatic amines is 1. The highest BCUT2D eigenvalue weighted by Gasteiger charge is 2.24. The van der Waals surface area contributed by atoms with Crippen LogP contribution in [0.15, 0.2) is 28.7 Å². The Labute approximate surface area is 136 Å². The van der Waals surface area contributed by atoms with Crippen LogP contribution in [0.5, 0.6) is 0 Å². The molecule has 1 aromatic heterocycles. The third kappa shape index (κ3) is 3.00. The summed E-state index contributed by atoms with van der Waals surface area (Å²) in [5.74, 6) is 0.847. The topological polar surface area (TPSA) is 67.5 Å². The fourth-order valence-electron chi connectivity index (χ4n) is 2.36. The van der Waals surface area contributed by atoms with Crippen LogP contribution in [0.25, 0.3) is 11.4 Å². The molecule has 1 aromatic carbocycles. The number of nitrogens with one attached hydrogen (secondary N) is 1. The van der Waals surface area contributed by atoms with Crippen LogP contribution in [0.3, 0.4) is 0 Å². The van der Waals surface area contributed by atoms with E-state index in [-0.39, 0.29) is 0 Å². The summed E-state index contributed by atoms with van der Waals surface area (Å²) in [6.07, 6.45) is 0. The Morgan fingerprint density at radius 2 is 2.00 bits per heavy atom. The molecule has 1 N–H and O–H groups in total. The standard InChI is InChI=1S/C15H16BrN3O3/c1-21-15(20)12-14(19-6-8-22-9-7-19)18-13(17-12)10-2-4-11(16)5-3-10/h2-5H,6-9H2,1H3,(H,17,18). The lowest BCUT2D eigenvalue weighted by molar-refractivity contribution is 0.0594. The number of hydrogen-bond donors (Lipinski definition) is 1. The highest BCUT2D eigenvalue weighted by Crippen LogP contribution is 2.26. The third-order valence-corrected chi connectivity index (χ3v) is 4.03. The van der Waals surface area contributed by atoms with Crippen LogP contribution >= 0.6 is 15.9 Å². The Kier molecular flexibility index (Phi) is 4.44. The average molecular weight is 366 g/mol. The van der Waals surface area contributed by atoms with Crippen LogP contribution in [0.2, 0.25) is 0 Å². The molecule has 22 heavy (non-hydrogen) atoms. The zero-order valence-corrected chi connectivity index (χ0v) is 13.7. The fourth-order valence-corrected chi connectivity index (χ4v) is 2.62. The number of nitrogens with zero attached hydrogens (tertiary/aromatic N) is 2. The average Bonchev–Trinajstić information content (AvgIpc) is 3.01. The van der Waals surface area contributed by atoms with E-state index in [1.165, 1.54) is 7.11 Å². The molecule has 2 aromatic rings. The number of morpholine rings is 1. The molecule has 0 amide bonds. The maximum atomic E-state index is 12.0. The monoisotopic (exact) mass is 365 g/mol. The molecule has 1 saturated heterocycles. The predicted molar refractivity (Wildman–Crippen MR) is 86.1 cm³/mol. The van der Waals surface area contributed by atoms with Crippen LogP contribution in [0.4, 0.5) is 5.82 Å². The van der Waals surface area contributed by atoms with E-state index in [1.54, 1.807) is 0 Å². The molecule has 0 aliphatic carbocycles. The molecule has 0 atom stereocenters. The maximum Gasteiger partial charge on any atom is 0.358 e. The van der Waals surface area contributed by atoms with Gasteiger partial charge >= 0.3 is 5.97 Å². The van der Waals surface area contributed by atoms with Gasteiger partial charge in [-0.15, -0.1) is 0 Å². The van der Waals surface area contributed by atoms with E-state index in [4.69, 9.17) is 9.47 Å². The number of carbonyl (C=O) groups is 1. The van der Waals surface area contributed by atoms with Gasteiger partial charge in [-0.2, -0.15) is 0 Å². The van der Waals surface area contributed by atoms with Gasteiger partial charge in [0.05, 0.1) is 20.3 Å². The fraction of sp³-hybridized carbons (Fsp3) is 0.333. The molecular weight excluding hydrogens is 350 g/mol. The first-order valence-electron chi connectivity index (χ1n) is 6.96. The van der Waals surface area contributed by atoms with E-state index in [0.29, 0.717) is 43.6 Å². The number of esters is 1. The first kappa shape index (κ1) is 15.1. The van der Waals surface area contributed by atoms with Crippen LogP contribution in [-0.2, 0) is 9.47 Å². The molecular formula is C15H16BrN3O3. The molecule has 0 radical (unpaired) electrons. The maximum absolute atomic E-state index is 12.0. The summed E-state index contributed by atoms with van der Waals surface area (Å²) < 4.78 is 11.2. The quantitative estimate of drug-likeness (QED) is 0.846. The van der Waals surface area contributed by atoms with Gasteiger partial charge in [-0.05, 0) is 12.1 Å². The largest absolute Gasteiger partial charge is 0.464 e. The number of rotatable bonds is 3. The number of ether oxygens (including phenoxy) is 2. The van der Waals surface area contributed by atoms with Crippen molar-refractivity contribution in [1.82, 2.24) is 9.97 Å². The zero-order valence-electron chi connectivity index (χ0n) is 12.1. The molecule has 1 aliphatic rings. The highest BCUT2D eigenvalue weighted by atomic mass is 79.9. The number of carbonyl (C=O) groups excluding carboxylic acids is 1. The summed E-state index contributed by atoms with van der Waals surface area (Å²) in [4.78, 5) is 21.7. The minimum absolute atomic E-state index is 0.377. The van der Waals surface area contributed by atoms with Gasteiger partial charge in [0.15, 0.2) is 11.5 Å². The molecule has 6 nitrogen and oxygen atoms in total. The first-order chi connectivity index (χ1) is 10.7. The molecule has 1 fully saturated rings. The Morgan fingerprint density at radius 3 is 2.64 bits per heavy atom. The molecule has 0 spiro atoms. The van der Waals surface area contributed by atoms with E-state index >= 15 is 0 Å². The zero-order chi connectivity index (χ0) is 15.5. The lowest BCUT2D eigenvalue weighted by atomic mass is 10.2. The number of halogens is 1. The van der Waals surface area contributed by atoms with Gasteiger partial charge < -0.3 is 19.4 Å². The van der Waals surface area contributed by atoms with E-state index < -0.39 is 5.97 Å². The number of anilines is 1. The van der Waals surface area contributed by atoms with Crippen molar-refractivity contribution in [3.05, 3.63) is 34.4 Å². The van der Waals surface area contributed by atoms with Gasteiger partial charge in [-0.3, -0.25) is 0 Å². The smallest absolute Gasteiger partial charge is 0.358 e. The molecule has 0 unspecified atom stereocenters. The van der Waals surface area contributed by atoms with E-state index in [1.807, 2.05) is 29.2 Å². The SMILES string of the molecule is COC(=O)c1[nH]c(-c2ccc(Br)cc2)nc1N1CCOCC1. The molecule has 116 valence electrons. The summed E-state index contributed by atoms with van der Waals surface area (Å²) in [7, 11) is 1.37. The second kappa shape index (κ2) is 6.50. The Bertz CT molecular complexity index is 663. The van der Waals surface area contributed by atoms with Crippen molar-refractivity contribution in [2.75, 3.05) is 38.3 Å². The number of benzene rings is 1. The lowest BCUT2D eigenvalue weighted by Crippen LogP contribution is -2.37. The van der Waals surface area contributed by atoms with Crippen LogP contribution < -0.4 is 4.90 Å². The number of imidazole rings is 1. The number of aromatic nitrogens is 2. The van der Waals surface area contributed by atoms with Crippen molar-refractivity contribution in [3.63, 3.8) is 0 Å². The predicted octanol–water partition coefficient (Wildman–Crippen LogP) is 2.46. The van der Waals surface area contributed by atoms with Gasteiger partial charge in [0.2, 0.25) is 0 Å². The van der Waals surface area contributed by atoms with Gasteiger partial charge in [0, 0.05) is 23.1 Å². The molecule has 1 aliphatic heterocycles. The molecule has 3 rings (SSSR count). The molecule has 0 bridgehead atoms. The van der Waals surface area contributed by atoms with Crippen molar-refractivity contribution < 1.29 is 14.3 Å². The lowest BCUT2D eigenvalue weighted by Gasteiger charge is -2.27. The number of methoxy groups -OCH3 is 1. The Hall–Kier alpha value is -1.86. The van der Waals surface area contributed by atoms with Crippen molar-refractivity contribution >= 4 is 27.7 Å². The van der Waals surface area contributed by atoms with E-state index in [0.717, 1.165) is 10.0 Å². The normalized spacial score (nSPS) is 14.9. The van der Waals surface area contributed by atoms with Crippen LogP contribution in [0.1, 0.15) is 10.5 Å². The van der Waals surface area contributed by atoms with Crippen LogP contribution in [-0.4, -0.2) is 49.4 Å². The third-order valence-electron chi connectivity index (χ3n) is 3.50. The minimum Gasteiger partial charge on any atom is -0.464 e. The highest BCUT2D eigenvalue weighted by molar-refractivity contribution is 9.10. The van der Waals surface area contributed by atoms with Crippen molar-refractivity contribution in [3.8, 4) is 11.4 Å².